The number of benzene rings is 1. The van der Waals surface area contributed by atoms with E-state index in [1.54, 1.807) is 11.3 Å². The van der Waals surface area contributed by atoms with Crippen LogP contribution >= 0.6 is 22.9 Å². The first-order chi connectivity index (χ1) is 13.2. The van der Waals surface area contributed by atoms with E-state index >= 15 is 0 Å². The summed E-state index contributed by atoms with van der Waals surface area (Å²) >= 11 is 8.11. The zero-order valence-electron chi connectivity index (χ0n) is 14.8. The predicted octanol–water partition coefficient (Wildman–Crippen LogP) is 4.83. The number of hydrogen-bond acceptors (Lipinski definition) is 7. The highest BCUT2D eigenvalue weighted by Gasteiger charge is 2.31. The third kappa shape index (κ3) is 3.20. The van der Waals surface area contributed by atoms with Gasteiger partial charge in [0.15, 0.2) is 11.5 Å². The first-order valence-electron chi connectivity index (χ1n) is 8.89. The van der Waals surface area contributed by atoms with Gasteiger partial charge in [-0.25, -0.2) is 0 Å². The van der Waals surface area contributed by atoms with E-state index in [4.69, 9.17) is 25.5 Å². The van der Waals surface area contributed by atoms with Crippen molar-refractivity contribution in [3.8, 4) is 22.3 Å². The monoisotopic (exact) mass is 403 g/mol. The fourth-order valence-corrected chi connectivity index (χ4v) is 4.61. The van der Waals surface area contributed by atoms with Crippen LogP contribution in [0.3, 0.4) is 0 Å². The smallest absolute Gasteiger partial charge is 0.257 e. The van der Waals surface area contributed by atoms with Gasteiger partial charge in [-0.15, -0.1) is 21.5 Å². The number of hydrogen-bond donors (Lipinski definition) is 0. The molecule has 5 rings (SSSR count). The van der Waals surface area contributed by atoms with Gasteiger partial charge in [-0.2, -0.15) is 0 Å². The zero-order chi connectivity index (χ0) is 18.4. The number of rotatable bonds is 4. The van der Waals surface area contributed by atoms with Crippen molar-refractivity contribution in [2.24, 2.45) is 0 Å². The number of likely N-dealkylation sites (tertiary alicyclic amines) is 1. The first kappa shape index (κ1) is 17.0. The van der Waals surface area contributed by atoms with Gasteiger partial charge in [0, 0.05) is 22.5 Å². The summed E-state index contributed by atoms with van der Waals surface area (Å²) in [5.74, 6) is 2.72. The van der Waals surface area contributed by atoms with Crippen LogP contribution < -0.4 is 9.47 Å². The van der Waals surface area contributed by atoms with Crippen LogP contribution in [0, 0.1) is 6.92 Å². The van der Waals surface area contributed by atoms with Gasteiger partial charge in [0.05, 0.1) is 10.9 Å². The van der Waals surface area contributed by atoms with E-state index in [1.165, 1.54) is 4.88 Å². The lowest BCUT2D eigenvalue weighted by molar-refractivity contribution is 0.174. The van der Waals surface area contributed by atoms with Crippen molar-refractivity contribution in [1.29, 1.82) is 0 Å². The van der Waals surface area contributed by atoms with E-state index in [9.17, 15) is 0 Å². The number of ether oxygens (including phenoxy) is 2. The minimum absolute atomic E-state index is 0.105. The second-order valence-corrected chi connectivity index (χ2v) is 8.48. The fourth-order valence-electron chi connectivity index (χ4n) is 3.61. The van der Waals surface area contributed by atoms with Crippen LogP contribution in [-0.2, 0) is 6.54 Å². The van der Waals surface area contributed by atoms with E-state index < -0.39 is 0 Å². The van der Waals surface area contributed by atoms with Gasteiger partial charge in [0.25, 0.3) is 5.89 Å². The molecule has 2 aliphatic rings. The Morgan fingerprint density at radius 3 is 2.89 bits per heavy atom. The molecular weight excluding hydrogens is 386 g/mol. The number of thiophene rings is 1. The van der Waals surface area contributed by atoms with Crippen molar-refractivity contribution >= 4 is 22.9 Å². The molecule has 2 aromatic heterocycles. The maximum absolute atomic E-state index is 6.45. The molecule has 1 unspecified atom stereocenters. The molecule has 4 heterocycles. The van der Waals surface area contributed by atoms with Crippen molar-refractivity contribution < 1.29 is 13.9 Å². The maximum atomic E-state index is 6.45. The second kappa shape index (κ2) is 6.82. The van der Waals surface area contributed by atoms with Gasteiger partial charge in [0.2, 0.25) is 12.7 Å². The average Bonchev–Trinajstić information content (AvgIpc) is 3.40. The summed E-state index contributed by atoms with van der Waals surface area (Å²) in [6.07, 6.45) is 2.08. The zero-order valence-corrected chi connectivity index (χ0v) is 16.3. The third-order valence-electron chi connectivity index (χ3n) is 4.96. The van der Waals surface area contributed by atoms with E-state index in [1.807, 2.05) is 18.2 Å². The number of fused-ring (bicyclic) bond motifs is 1. The lowest BCUT2D eigenvalue weighted by Gasteiger charge is -2.22. The van der Waals surface area contributed by atoms with Gasteiger partial charge in [-0.05, 0) is 50.1 Å². The van der Waals surface area contributed by atoms with Gasteiger partial charge in [0.1, 0.15) is 0 Å². The topological polar surface area (TPSA) is 60.6 Å². The summed E-state index contributed by atoms with van der Waals surface area (Å²) in [6.45, 7) is 3.98. The Bertz CT molecular complexity index is 986. The molecule has 6 nitrogen and oxygen atoms in total. The van der Waals surface area contributed by atoms with Crippen LogP contribution in [0.5, 0.6) is 11.5 Å². The van der Waals surface area contributed by atoms with Crippen molar-refractivity contribution in [3.63, 3.8) is 0 Å². The summed E-state index contributed by atoms with van der Waals surface area (Å²) in [7, 11) is 0. The van der Waals surface area contributed by atoms with Crippen LogP contribution in [0.25, 0.3) is 10.8 Å². The molecule has 27 heavy (non-hydrogen) atoms. The van der Waals surface area contributed by atoms with Gasteiger partial charge >= 0.3 is 0 Å². The molecule has 0 saturated carbocycles. The van der Waals surface area contributed by atoms with Gasteiger partial charge in [-0.1, -0.05) is 11.6 Å². The van der Waals surface area contributed by atoms with Crippen LogP contribution in [0.15, 0.2) is 28.7 Å². The van der Waals surface area contributed by atoms with Crippen LogP contribution in [0.4, 0.5) is 0 Å². The van der Waals surface area contributed by atoms with Crippen molar-refractivity contribution in [2.75, 3.05) is 13.3 Å². The lowest BCUT2D eigenvalue weighted by Crippen LogP contribution is -2.23. The molecule has 0 N–H and O–H groups in total. The lowest BCUT2D eigenvalue weighted by atomic mass is 10.1. The van der Waals surface area contributed by atoms with Crippen molar-refractivity contribution in [3.05, 3.63) is 45.6 Å². The van der Waals surface area contributed by atoms with Crippen LogP contribution in [0.1, 0.15) is 35.2 Å². The second-order valence-electron chi connectivity index (χ2n) is 6.78. The molecule has 8 heteroatoms. The first-order valence-corrected chi connectivity index (χ1v) is 10.1. The molecule has 0 amide bonds. The highest BCUT2D eigenvalue weighted by Crippen LogP contribution is 2.40. The Balaban J connectivity index is 1.37. The summed E-state index contributed by atoms with van der Waals surface area (Å²) < 4.78 is 16.9. The van der Waals surface area contributed by atoms with Crippen LogP contribution in [0.2, 0.25) is 5.02 Å². The minimum Gasteiger partial charge on any atom is -0.454 e. The Hall–Kier alpha value is -2.09. The Morgan fingerprint density at radius 2 is 2.07 bits per heavy atom. The van der Waals surface area contributed by atoms with Crippen molar-refractivity contribution in [1.82, 2.24) is 15.1 Å². The molecule has 2 aliphatic heterocycles. The minimum atomic E-state index is 0.105. The maximum Gasteiger partial charge on any atom is 0.257 e. The number of aromatic nitrogens is 2. The molecule has 3 aromatic rings. The third-order valence-corrected chi connectivity index (χ3v) is 6.30. The quantitative estimate of drug-likeness (QED) is 0.622. The molecule has 0 radical (unpaired) electrons. The van der Waals surface area contributed by atoms with Crippen molar-refractivity contribution in [2.45, 2.75) is 32.4 Å². The average molecular weight is 404 g/mol. The number of aryl methyl sites for hydroxylation is 1. The SMILES string of the molecule is Cc1ccc(-c2nnc(C3CCCN3Cc3cc4c(cc3Cl)OCO4)o2)s1. The largest absolute Gasteiger partial charge is 0.454 e. The van der Waals surface area contributed by atoms with Crippen LogP contribution in [-0.4, -0.2) is 28.4 Å². The summed E-state index contributed by atoms with van der Waals surface area (Å²) in [5.41, 5.74) is 1.02. The van der Waals surface area contributed by atoms with Gasteiger partial charge < -0.3 is 13.9 Å². The molecule has 1 saturated heterocycles. The molecule has 1 aromatic carbocycles. The highest BCUT2D eigenvalue weighted by atomic mass is 35.5. The molecule has 1 atom stereocenters. The van der Waals surface area contributed by atoms with E-state index in [2.05, 4.69) is 28.1 Å². The Kier molecular flexibility index (Phi) is 4.30. The van der Waals surface area contributed by atoms with E-state index in [0.717, 1.165) is 35.6 Å². The number of halogens is 1. The predicted molar refractivity (Wildman–Crippen MR) is 102 cm³/mol. The molecule has 0 aliphatic carbocycles. The Morgan fingerprint density at radius 1 is 1.22 bits per heavy atom. The molecule has 0 spiro atoms. The molecule has 1 fully saturated rings. The summed E-state index contributed by atoms with van der Waals surface area (Å²) in [5, 5.41) is 9.27. The normalized spacial score (nSPS) is 19.1. The van der Waals surface area contributed by atoms with E-state index in [-0.39, 0.29) is 12.8 Å². The molecule has 140 valence electrons. The Labute approximate surface area is 165 Å². The summed E-state index contributed by atoms with van der Waals surface area (Å²) in [6, 6.07) is 7.99. The standard InChI is InChI=1S/C19H18ClN3O3S/c1-11-4-5-17(27-11)19-22-21-18(26-19)14-3-2-6-23(14)9-12-7-15-16(8-13(12)20)25-10-24-15/h4-5,7-8,14H,2-3,6,9-10H2,1H3. The summed E-state index contributed by atoms with van der Waals surface area (Å²) in [4.78, 5) is 4.57. The fraction of sp³-hybridized carbons (Fsp3) is 0.368. The highest BCUT2D eigenvalue weighted by molar-refractivity contribution is 7.15. The van der Waals surface area contributed by atoms with Gasteiger partial charge in [-0.3, -0.25) is 4.90 Å². The molecule has 0 bridgehead atoms. The number of nitrogens with zero attached hydrogens (tertiary/aromatic N) is 3. The van der Waals surface area contributed by atoms with E-state index in [0.29, 0.717) is 29.1 Å². The molecular formula is C19H18ClN3O3S.